The lowest BCUT2D eigenvalue weighted by atomic mass is 9.95. The minimum absolute atomic E-state index is 0.0811. The van der Waals surface area contributed by atoms with E-state index in [1.54, 1.807) is 6.92 Å². The molecule has 0 spiro atoms. The molecule has 0 aromatic heterocycles. The quantitative estimate of drug-likeness (QED) is 0.706. The average Bonchev–Trinajstić information content (AvgIpc) is 2.26. The third kappa shape index (κ3) is 6.33. The molecule has 2 nitrogen and oxygen atoms in total. The summed E-state index contributed by atoms with van der Waals surface area (Å²) in [6, 6.07) is 7.95. The van der Waals surface area contributed by atoms with Crippen LogP contribution in [0.4, 0.5) is 0 Å². The van der Waals surface area contributed by atoms with Gasteiger partial charge >= 0.3 is 0 Å². The predicted molar refractivity (Wildman–Crippen MR) is 84.2 cm³/mol. The molecule has 1 rings (SSSR count). The smallest absolute Gasteiger partial charge is 0.159 e. The van der Waals surface area contributed by atoms with Crippen LogP contribution in [0.15, 0.2) is 24.3 Å². The van der Waals surface area contributed by atoms with Crippen LogP contribution in [0.1, 0.15) is 63.9 Å². The molecule has 2 atom stereocenters. The fourth-order valence-corrected chi connectivity index (χ4v) is 2.58. The zero-order chi connectivity index (χ0) is 15.3. The first-order chi connectivity index (χ1) is 9.17. The van der Waals surface area contributed by atoms with Crippen LogP contribution in [0.2, 0.25) is 0 Å². The highest BCUT2D eigenvalue weighted by atomic mass is 16.5. The zero-order valence-corrected chi connectivity index (χ0v) is 13.7. The van der Waals surface area contributed by atoms with Gasteiger partial charge in [-0.1, -0.05) is 31.2 Å². The van der Waals surface area contributed by atoms with E-state index < -0.39 is 0 Å². The molecule has 0 amide bonds. The minimum atomic E-state index is -0.0811. The van der Waals surface area contributed by atoms with Crippen molar-refractivity contribution in [3.63, 3.8) is 0 Å². The fourth-order valence-electron chi connectivity index (χ4n) is 2.58. The van der Waals surface area contributed by atoms with Gasteiger partial charge in [0.15, 0.2) is 5.78 Å². The Morgan fingerprint density at radius 1 is 1.15 bits per heavy atom. The van der Waals surface area contributed by atoms with Crippen molar-refractivity contribution < 1.29 is 9.53 Å². The highest BCUT2D eigenvalue weighted by Crippen LogP contribution is 2.19. The Morgan fingerprint density at radius 3 is 2.15 bits per heavy atom. The third-order valence-corrected chi connectivity index (χ3v) is 3.23. The Kier molecular flexibility index (Phi) is 5.94. The van der Waals surface area contributed by atoms with Gasteiger partial charge in [0, 0.05) is 5.56 Å². The van der Waals surface area contributed by atoms with Crippen LogP contribution in [0.5, 0.6) is 0 Å². The lowest BCUT2D eigenvalue weighted by Gasteiger charge is -2.27. The van der Waals surface area contributed by atoms with Crippen LogP contribution in [-0.4, -0.2) is 17.5 Å². The SMILES string of the molecule is CC(=O)c1ccc(C[C@@H](C)CC(C)OC(C)(C)C)cc1. The maximum atomic E-state index is 11.2. The molecular formula is C18H28O2. The number of ether oxygens (including phenoxy) is 1. The molecule has 1 unspecified atom stereocenters. The van der Waals surface area contributed by atoms with E-state index in [9.17, 15) is 4.79 Å². The zero-order valence-electron chi connectivity index (χ0n) is 13.7. The summed E-state index contributed by atoms with van der Waals surface area (Å²) in [7, 11) is 0. The molecule has 0 fully saturated rings. The van der Waals surface area contributed by atoms with Crippen LogP contribution >= 0.6 is 0 Å². The van der Waals surface area contributed by atoms with Gasteiger partial charge in [-0.25, -0.2) is 0 Å². The first-order valence-electron chi connectivity index (χ1n) is 7.45. The molecule has 0 saturated heterocycles. The lowest BCUT2D eigenvalue weighted by molar-refractivity contribution is -0.0591. The Bertz CT molecular complexity index is 426. The van der Waals surface area contributed by atoms with Crippen molar-refractivity contribution in [1.82, 2.24) is 0 Å². The predicted octanol–water partition coefficient (Wildman–Crippen LogP) is 4.66. The number of hydrogen-bond acceptors (Lipinski definition) is 2. The van der Waals surface area contributed by atoms with Crippen molar-refractivity contribution in [2.75, 3.05) is 0 Å². The summed E-state index contributed by atoms with van der Waals surface area (Å²) in [5, 5.41) is 0. The minimum Gasteiger partial charge on any atom is -0.373 e. The fraction of sp³-hybridized carbons (Fsp3) is 0.611. The van der Waals surface area contributed by atoms with E-state index in [0.29, 0.717) is 5.92 Å². The summed E-state index contributed by atoms with van der Waals surface area (Å²) >= 11 is 0. The van der Waals surface area contributed by atoms with E-state index in [0.717, 1.165) is 18.4 Å². The normalized spacial score (nSPS) is 14.9. The average molecular weight is 276 g/mol. The van der Waals surface area contributed by atoms with Crippen molar-refractivity contribution >= 4 is 5.78 Å². The second kappa shape index (κ2) is 7.03. The molecule has 0 bridgehead atoms. The molecule has 0 aliphatic heterocycles. The van der Waals surface area contributed by atoms with Gasteiger partial charge in [0.05, 0.1) is 11.7 Å². The van der Waals surface area contributed by atoms with Gasteiger partial charge in [-0.15, -0.1) is 0 Å². The van der Waals surface area contributed by atoms with E-state index in [1.807, 2.05) is 12.1 Å². The maximum absolute atomic E-state index is 11.2. The van der Waals surface area contributed by atoms with Gasteiger partial charge in [-0.2, -0.15) is 0 Å². The number of hydrogen-bond donors (Lipinski definition) is 0. The Balaban J connectivity index is 2.49. The third-order valence-electron chi connectivity index (χ3n) is 3.23. The summed E-state index contributed by atoms with van der Waals surface area (Å²) < 4.78 is 5.95. The van der Waals surface area contributed by atoms with Crippen molar-refractivity contribution in [3.8, 4) is 0 Å². The molecule has 1 aromatic carbocycles. The molecule has 20 heavy (non-hydrogen) atoms. The van der Waals surface area contributed by atoms with Gasteiger partial charge < -0.3 is 4.74 Å². The molecular weight excluding hydrogens is 248 g/mol. The standard InChI is InChI=1S/C18H28O2/c1-13(11-14(2)20-18(4,5)6)12-16-7-9-17(10-8-16)15(3)19/h7-10,13-14H,11-12H2,1-6H3/t13-,14?/m0/s1. The monoisotopic (exact) mass is 276 g/mol. The maximum Gasteiger partial charge on any atom is 0.159 e. The van der Waals surface area contributed by atoms with Crippen molar-refractivity contribution in [1.29, 1.82) is 0 Å². The van der Waals surface area contributed by atoms with Gasteiger partial charge in [-0.05, 0) is 58.9 Å². The van der Waals surface area contributed by atoms with Gasteiger partial charge in [0.25, 0.3) is 0 Å². The largest absolute Gasteiger partial charge is 0.373 e. The molecule has 1 aromatic rings. The number of carbonyl (C=O) groups excluding carboxylic acids is 1. The number of benzene rings is 1. The van der Waals surface area contributed by atoms with Crippen LogP contribution in [0.25, 0.3) is 0 Å². The molecule has 0 radical (unpaired) electrons. The van der Waals surface area contributed by atoms with E-state index in [-0.39, 0.29) is 17.5 Å². The second-order valence-electron chi connectivity index (χ2n) is 6.84. The lowest BCUT2D eigenvalue weighted by Crippen LogP contribution is -2.27. The summed E-state index contributed by atoms with van der Waals surface area (Å²) in [6.07, 6.45) is 2.34. The van der Waals surface area contributed by atoms with E-state index in [2.05, 4.69) is 46.8 Å². The van der Waals surface area contributed by atoms with Gasteiger partial charge in [0.1, 0.15) is 0 Å². The molecule has 0 aliphatic carbocycles. The molecule has 112 valence electrons. The summed E-state index contributed by atoms with van der Waals surface area (Å²) in [5.41, 5.74) is 1.98. The van der Waals surface area contributed by atoms with Crippen LogP contribution in [0, 0.1) is 5.92 Å². The second-order valence-corrected chi connectivity index (χ2v) is 6.84. The van der Waals surface area contributed by atoms with Gasteiger partial charge in [0.2, 0.25) is 0 Å². The molecule has 0 saturated carbocycles. The van der Waals surface area contributed by atoms with E-state index >= 15 is 0 Å². The van der Waals surface area contributed by atoms with Gasteiger partial charge in [-0.3, -0.25) is 4.79 Å². The Hall–Kier alpha value is -1.15. The summed E-state index contributed by atoms with van der Waals surface area (Å²) in [6.45, 7) is 12.3. The van der Waals surface area contributed by atoms with Crippen LogP contribution in [-0.2, 0) is 11.2 Å². The van der Waals surface area contributed by atoms with Crippen molar-refractivity contribution in [2.45, 2.75) is 66.1 Å². The summed E-state index contributed by atoms with van der Waals surface area (Å²) in [4.78, 5) is 11.2. The number of carbonyl (C=O) groups is 1. The first-order valence-corrected chi connectivity index (χ1v) is 7.45. The number of Topliss-reactive ketones (excluding diaryl/α,β-unsaturated/α-hetero) is 1. The first kappa shape index (κ1) is 16.9. The Morgan fingerprint density at radius 2 is 1.70 bits per heavy atom. The Labute approximate surface area is 123 Å². The molecule has 0 N–H and O–H groups in total. The molecule has 0 aliphatic rings. The van der Waals surface area contributed by atoms with Crippen molar-refractivity contribution in [2.24, 2.45) is 5.92 Å². The topological polar surface area (TPSA) is 26.3 Å². The highest BCUT2D eigenvalue weighted by Gasteiger charge is 2.17. The summed E-state index contributed by atoms with van der Waals surface area (Å²) in [5.74, 6) is 0.687. The van der Waals surface area contributed by atoms with Crippen molar-refractivity contribution in [3.05, 3.63) is 35.4 Å². The number of ketones is 1. The molecule has 2 heteroatoms. The van der Waals surface area contributed by atoms with Crippen LogP contribution < -0.4 is 0 Å². The number of rotatable bonds is 6. The highest BCUT2D eigenvalue weighted by molar-refractivity contribution is 5.93. The molecule has 0 heterocycles. The van der Waals surface area contributed by atoms with Crippen LogP contribution in [0.3, 0.4) is 0 Å². The van der Waals surface area contributed by atoms with E-state index in [1.165, 1.54) is 5.56 Å². The van der Waals surface area contributed by atoms with E-state index in [4.69, 9.17) is 4.74 Å².